The third-order valence-corrected chi connectivity index (χ3v) is 11.5. The first-order valence-electron chi connectivity index (χ1n) is 19.7. The molecule has 0 saturated heterocycles. The smallest absolute Gasteiger partial charge is 0.268 e. The van der Waals surface area contributed by atoms with Crippen LogP contribution in [0.4, 0.5) is 5.69 Å². The largest absolute Gasteiger partial charge is 0.308 e. The number of nitrogens with zero attached hydrogens (tertiary/aromatic N) is 6. The van der Waals surface area contributed by atoms with E-state index in [2.05, 4.69) is 24.3 Å². The number of benzene rings is 8. The first-order chi connectivity index (χ1) is 30.4. The van der Waals surface area contributed by atoms with Gasteiger partial charge in [0.05, 0.1) is 80.1 Å². The van der Waals surface area contributed by atoms with Gasteiger partial charge in [-0.1, -0.05) is 103 Å². The van der Waals surface area contributed by atoms with Crippen molar-refractivity contribution in [3.05, 3.63) is 203 Å². The van der Waals surface area contributed by atoms with E-state index in [4.69, 9.17) is 0 Å². The number of imide groups is 1. The number of aromatic nitrogens is 1. The molecule has 286 valence electrons. The van der Waals surface area contributed by atoms with E-state index in [1.165, 1.54) is 4.90 Å². The van der Waals surface area contributed by atoms with Gasteiger partial charge in [-0.2, -0.15) is 21.0 Å². The summed E-state index contributed by atoms with van der Waals surface area (Å²) in [6, 6.07) is 61.0. The van der Waals surface area contributed by atoms with E-state index in [0.717, 1.165) is 55.2 Å². The molecule has 2 amide bonds. The van der Waals surface area contributed by atoms with Crippen LogP contribution in [0, 0.1) is 45.3 Å². The Kier molecular flexibility index (Phi) is 8.82. The highest BCUT2D eigenvalue weighted by Crippen LogP contribution is 2.45. The van der Waals surface area contributed by atoms with E-state index in [1.54, 1.807) is 48.5 Å². The second kappa shape index (κ2) is 14.8. The second-order valence-corrected chi connectivity index (χ2v) is 14.8. The zero-order valence-electron chi connectivity index (χ0n) is 32.7. The third-order valence-electron chi connectivity index (χ3n) is 11.5. The maximum Gasteiger partial charge on any atom is 0.268 e. The van der Waals surface area contributed by atoms with Gasteiger partial charge >= 0.3 is 0 Å². The number of hydrogen-bond donors (Lipinski definition) is 0. The molecule has 0 fully saturated rings. The van der Waals surface area contributed by atoms with Crippen molar-refractivity contribution in [3.63, 3.8) is 0 Å². The highest BCUT2D eigenvalue weighted by Gasteiger charge is 2.41. The fraction of sp³-hybridized carbons (Fsp3) is 0. The van der Waals surface area contributed by atoms with Gasteiger partial charge in [-0.25, -0.2) is 4.90 Å². The van der Waals surface area contributed by atoms with Gasteiger partial charge in [0.2, 0.25) is 0 Å². The molecule has 0 aliphatic carbocycles. The molecule has 8 nitrogen and oxygen atoms in total. The maximum absolute atomic E-state index is 15.1. The van der Waals surface area contributed by atoms with Gasteiger partial charge in [-0.05, 0) is 106 Å². The SMILES string of the molecule is N#Cc1ccc(-c2ccc3c(c2)c2cc(-c4ccc(C#N)cc4C#N)ccc2n3-c2cccc3c2C(=O)N(c2cccc(-c4ccccc4)c2-c2ccccc2)C3=O)c(C#N)c1. The molecule has 1 aliphatic heterocycles. The van der Waals surface area contributed by atoms with Crippen LogP contribution in [0.15, 0.2) is 170 Å². The van der Waals surface area contributed by atoms with Crippen LogP contribution in [0.3, 0.4) is 0 Å². The topological polar surface area (TPSA) is 137 Å². The molecular weight excluding hydrogens is 765 g/mol. The molecule has 0 radical (unpaired) electrons. The molecule has 0 spiro atoms. The Morgan fingerprint density at radius 3 is 1.42 bits per heavy atom. The lowest BCUT2D eigenvalue weighted by Crippen LogP contribution is -2.30. The molecule has 9 aromatic rings. The number of hydrogen-bond acceptors (Lipinski definition) is 6. The maximum atomic E-state index is 15.1. The summed E-state index contributed by atoms with van der Waals surface area (Å²) in [5, 5.41) is 40.9. The molecule has 0 N–H and O–H groups in total. The average Bonchev–Trinajstić information content (AvgIpc) is 3.80. The average molecular weight is 793 g/mol. The highest BCUT2D eigenvalue weighted by atomic mass is 16.2. The van der Waals surface area contributed by atoms with Crippen LogP contribution >= 0.6 is 0 Å². The lowest BCUT2D eigenvalue weighted by atomic mass is 9.92. The van der Waals surface area contributed by atoms with Crippen molar-refractivity contribution in [2.24, 2.45) is 0 Å². The number of amides is 2. The molecule has 2 heterocycles. The van der Waals surface area contributed by atoms with Crippen LogP contribution in [0.5, 0.6) is 0 Å². The molecule has 0 atom stereocenters. The van der Waals surface area contributed by atoms with Crippen LogP contribution in [-0.2, 0) is 0 Å². The molecule has 8 aromatic carbocycles. The lowest BCUT2D eigenvalue weighted by molar-refractivity contribution is 0.0926. The van der Waals surface area contributed by atoms with Crippen molar-refractivity contribution >= 4 is 39.3 Å². The molecule has 10 rings (SSSR count). The van der Waals surface area contributed by atoms with Gasteiger partial charge in [0.25, 0.3) is 11.8 Å². The zero-order chi connectivity index (χ0) is 42.5. The van der Waals surface area contributed by atoms with Crippen molar-refractivity contribution in [2.75, 3.05) is 4.90 Å². The number of rotatable bonds is 6. The van der Waals surface area contributed by atoms with E-state index >= 15 is 4.79 Å². The van der Waals surface area contributed by atoms with E-state index in [1.807, 2.05) is 126 Å². The predicted octanol–water partition coefficient (Wildman–Crippen LogP) is 11.7. The third kappa shape index (κ3) is 5.81. The summed E-state index contributed by atoms with van der Waals surface area (Å²) in [5.74, 6) is -0.895. The summed E-state index contributed by atoms with van der Waals surface area (Å²) in [6.45, 7) is 0. The van der Waals surface area contributed by atoms with Gasteiger partial charge in [0.1, 0.15) is 0 Å². The predicted molar refractivity (Wildman–Crippen MR) is 239 cm³/mol. The number of fused-ring (bicyclic) bond motifs is 4. The Labute approximate surface area is 355 Å². The van der Waals surface area contributed by atoms with Crippen molar-refractivity contribution in [2.45, 2.75) is 0 Å². The Morgan fingerprint density at radius 1 is 0.371 bits per heavy atom. The Bertz CT molecular complexity index is 3430. The molecule has 0 unspecified atom stereocenters. The van der Waals surface area contributed by atoms with Gasteiger partial charge in [-0.3, -0.25) is 9.59 Å². The molecule has 0 bridgehead atoms. The monoisotopic (exact) mass is 792 g/mol. The quantitative estimate of drug-likeness (QED) is 0.154. The molecule has 8 heteroatoms. The summed E-state index contributed by atoms with van der Waals surface area (Å²) in [6.07, 6.45) is 0. The Balaban J connectivity index is 1.20. The molecular formula is C54H28N6O2. The van der Waals surface area contributed by atoms with Crippen molar-refractivity contribution in [3.8, 4) is 74.5 Å². The summed E-state index contributed by atoms with van der Waals surface area (Å²) in [5.41, 5.74) is 10.6. The van der Waals surface area contributed by atoms with E-state index in [0.29, 0.717) is 44.8 Å². The van der Waals surface area contributed by atoms with Crippen LogP contribution in [0.2, 0.25) is 0 Å². The van der Waals surface area contributed by atoms with Crippen LogP contribution in [-0.4, -0.2) is 16.4 Å². The summed E-state index contributed by atoms with van der Waals surface area (Å²) in [7, 11) is 0. The lowest BCUT2D eigenvalue weighted by Gasteiger charge is -2.22. The standard InChI is InChI=1S/C54H28N6O2/c55-29-33-17-21-41(39(25-33)31-57)37-19-23-47-45(27-37)46-28-38(42-22-18-34(30-56)26-40(42)32-58)20-24-48(46)59(47)50-16-8-14-44-52(50)54(62)60(53(44)61)49-15-7-13-43(35-9-3-1-4-10-35)51(49)36-11-5-2-6-12-36/h1-28H. The normalized spacial score (nSPS) is 11.8. The Morgan fingerprint density at radius 2 is 0.887 bits per heavy atom. The summed E-state index contributed by atoms with van der Waals surface area (Å²) < 4.78 is 1.98. The molecule has 1 aliphatic rings. The van der Waals surface area contributed by atoms with Crippen LogP contribution < -0.4 is 4.90 Å². The van der Waals surface area contributed by atoms with Crippen molar-refractivity contribution in [1.82, 2.24) is 4.57 Å². The molecule has 0 saturated carbocycles. The van der Waals surface area contributed by atoms with Gasteiger partial charge < -0.3 is 4.57 Å². The van der Waals surface area contributed by atoms with E-state index < -0.39 is 11.8 Å². The Hall–Kier alpha value is -9.34. The number of nitriles is 4. The van der Waals surface area contributed by atoms with Crippen molar-refractivity contribution < 1.29 is 9.59 Å². The fourth-order valence-electron chi connectivity index (χ4n) is 8.70. The van der Waals surface area contributed by atoms with Gasteiger partial charge in [0, 0.05) is 16.3 Å². The van der Waals surface area contributed by atoms with Gasteiger partial charge in [0.15, 0.2) is 0 Å². The van der Waals surface area contributed by atoms with Gasteiger partial charge in [-0.15, -0.1) is 0 Å². The number of carbonyl (C=O) groups excluding carboxylic acids is 2. The molecule has 62 heavy (non-hydrogen) atoms. The summed E-state index contributed by atoms with van der Waals surface area (Å²) >= 11 is 0. The first kappa shape index (κ1) is 37.0. The first-order valence-corrected chi connectivity index (χ1v) is 19.7. The zero-order valence-corrected chi connectivity index (χ0v) is 32.7. The highest BCUT2D eigenvalue weighted by molar-refractivity contribution is 6.37. The van der Waals surface area contributed by atoms with Crippen LogP contribution in [0.1, 0.15) is 43.0 Å². The van der Waals surface area contributed by atoms with E-state index in [9.17, 15) is 25.8 Å². The molecule has 1 aromatic heterocycles. The minimum Gasteiger partial charge on any atom is -0.308 e. The number of carbonyl (C=O) groups is 2. The second-order valence-electron chi connectivity index (χ2n) is 14.8. The van der Waals surface area contributed by atoms with Crippen LogP contribution in [0.25, 0.3) is 72.0 Å². The minimum absolute atomic E-state index is 0.256. The number of anilines is 1. The minimum atomic E-state index is -0.460. The van der Waals surface area contributed by atoms with E-state index in [-0.39, 0.29) is 11.1 Å². The van der Waals surface area contributed by atoms with Crippen molar-refractivity contribution in [1.29, 1.82) is 21.0 Å². The fourth-order valence-corrected chi connectivity index (χ4v) is 8.70. The summed E-state index contributed by atoms with van der Waals surface area (Å²) in [4.78, 5) is 31.1.